The zero-order valence-electron chi connectivity index (χ0n) is 11.4. The van der Waals surface area contributed by atoms with Gasteiger partial charge in [-0.05, 0) is 31.5 Å². The van der Waals surface area contributed by atoms with E-state index < -0.39 is 0 Å². The van der Waals surface area contributed by atoms with Gasteiger partial charge in [0.2, 0.25) is 0 Å². The summed E-state index contributed by atoms with van der Waals surface area (Å²) in [6.07, 6.45) is 3.85. The van der Waals surface area contributed by atoms with Gasteiger partial charge in [-0.1, -0.05) is 17.7 Å². The third-order valence-electron chi connectivity index (χ3n) is 3.24. The van der Waals surface area contributed by atoms with Crippen molar-refractivity contribution in [3.8, 4) is 0 Å². The van der Waals surface area contributed by atoms with E-state index in [4.69, 9.17) is 11.6 Å². The summed E-state index contributed by atoms with van der Waals surface area (Å²) in [7, 11) is 0. The number of rotatable bonds is 3. The Morgan fingerprint density at radius 1 is 1.30 bits per heavy atom. The number of fused-ring (bicyclic) bond motifs is 1. The Morgan fingerprint density at radius 3 is 3.00 bits per heavy atom. The second kappa shape index (κ2) is 5.13. The molecule has 0 aliphatic rings. The van der Waals surface area contributed by atoms with Crippen molar-refractivity contribution in [3.05, 3.63) is 58.5 Å². The van der Waals surface area contributed by atoms with Gasteiger partial charge in [-0.3, -0.25) is 0 Å². The molecule has 1 N–H and O–H groups in total. The number of anilines is 1. The SMILES string of the molecule is Cc1cc2ncc(CNc3cccc(Cl)c3C)cn2n1. The fraction of sp³-hybridized carbons (Fsp3) is 0.200. The number of hydrogen-bond donors (Lipinski definition) is 1. The van der Waals surface area contributed by atoms with Crippen LogP contribution in [0, 0.1) is 13.8 Å². The van der Waals surface area contributed by atoms with Gasteiger partial charge in [-0.25, -0.2) is 9.50 Å². The summed E-state index contributed by atoms with van der Waals surface area (Å²) in [4.78, 5) is 4.39. The number of nitrogens with zero attached hydrogens (tertiary/aromatic N) is 3. The van der Waals surface area contributed by atoms with Gasteiger partial charge in [0.1, 0.15) is 0 Å². The molecule has 0 radical (unpaired) electrons. The van der Waals surface area contributed by atoms with Crippen molar-refractivity contribution < 1.29 is 0 Å². The van der Waals surface area contributed by atoms with Crippen molar-refractivity contribution in [2.45, 2.75) is 20.4 Å². The molecule has 3 aromatic rings. The van der Waals surface area contributed by atoms with Crippen molar-refractivity contribution in [1.82, 2.24) is 14.6 Å². The van der Waals surface area contributed by atoms with Gasteiger partial charge >= 0.3 is 0 Å². The Hall–Kier alpha value is -2.07. The predicted molar refractivity (Wildman–Crippen MR) is 81.2 cm³/mol. The van der Waals surface area contributed by atoms with Crippen LogP contribution in [0.2, 0.25) is 5.02 Å². The zero-order chi connectivity index (χ0) is 14.1. The van der Waals surface area contributed by atoms with Gasteiger partial charge in [0.05, 0.1) is 5.69 Å². The molecule has 0 aliphatic heterocycles. The standard InChI is InChI=1S/C15H15ClN4/c1-10-6-15-18-8-12(9-20(15)19-10)7-17-14-5-3-4-13(16)11(14)2/h3-6,8-9,17H,7H2,1-2H3. The summed E-state index contributed by atoms with van der Waals surface area (Å²) in [5, 5.41) is 8.51. The molecule has 0 amide bonds. The van der Waals surface area contributed by atoms with Crippen LogP contribution in [-0.4, -0.2) is 14.6 Å². The van der Waals surface area contributed by atoms with Gasteiger partial charge in [0.25, 0.3) is 0 Å². The molecular formula is C15H15ClN4. The third-order valence-corrected chi connectivity index (χ3v) is 3.65. The molecule has 0 unspecified atom stereocenters. The topological polar surface area (TPSA) is 42.2 Å². The summed E-state index contributed by atoms with van der Waals surface area (Å²) >= 11 is 6.11. The highest BCUT2D eigenvalue weighted by Gasteiger charge is 2.03. The first-order chi connectivity index (χ1) is 9.63. The van der Waals surface area contributed by atoms with E-state index in [1.54, 1.807) is 4.52 Å². The van der Waals surface area contributed by atoms with Crippen LogP contribution in [0.4, 0.5) is 5.69 Å². The van der Waals surface area contributed by atoms with E-state index in [1.165, 1.54) is 0 Å². The number of aryl methyl sites for hydroxylation is 1. The normalized spacial score (nSPS) is 10.9. The largest absolute Gasteiger partial charge is 0.381 e. The molecule has 0 spiro atoms. The van der Waals surface area contributed by atoms with Gasteiger partial charge in [-0.15, -0.1) is 0 Å². The number of aromatic nitrogens is 3. The Labute approximate surface area is 122 Å². The number of hydrogen-bond acceptors (Lipinski definition) is 3. The summed E-state index contributed by atoms with van der Waals surface area (Å²) in [5.41, 5.74) is 4.99. The maximum Gasteiger partial charge on any atom is 0.155 e. The lowest BCUT2D eigenvalue weighted by atomic mass is 10.2. The molecule has 0 bridgehead atoms. The van der Waals surface area contributed by atoms with E-state index in [0.717, 1.165) is 33.2 Å². The third kappa shape index (κ3) is 2.47. The molecule has 4 nitrogen and oxygen atoms in total. The minimum Gasteiger partial charge on any atom is -0.381 e. The molecule has 0 saturated heterocycles. The predicted octanol–water partition coefficient (Wildman–Crippen LogP) is 3.61. The second-order valence-electron chi connectivity index (χ2n) is 4.82. The Kier molecular flexibility index (Phi) is 3.32. The van der Waals surface area contributed by atoms with Crippen molar-refractivity contribution in [3.63, 3.8) is 0 Å². The van der Waals surface area contributed by atoms with E-state index >= 15 is 0 Å². The maximum atomic E-state index is 6.11. The van der Waals surface area contributed by atoms with E-state index in [1.807, 2.05) is 50.5 Å². The number of benzene rings is 1. The molecule has 2 heterocycles. The number of nitrogens with one attached hydrogen (secondary N) is 1. The highest BCUT2D eigenvalue weighted by molar-refractivity contribution is 6.31. The summed E-state index contributed by atoms with van der Waals surface area (Å²) in [6, 6.07) is 7.81. The quantitative estimate of drug-likeness (QED) is 0.800. The van der Waals surface area contributed by atoms with Gasteiger partial charge < -0.3 is 5.32 Å². The van der Waals surface area contributed by atoms with Crippen molar-refractivity contribution >= 4 is 22.9 Å². The van der Waals surface area contributed by atoms with E-state index in [9.17, 15) is 0 Å². The number of halogens is 1. The minimum atomic E-state index is 0.684. The van der Waals surface area contributed by atoms with Crippen LogP contribution in [-0.2, 0) is 6.54 Å². The smallest absolute Gasteiger partial charge is 0.155 e. The zero-order valence-corrected chi connectivity index (χ0v) is 12.1. The van der Waals surface area contributed by atoms with E-state index in [0.29, 0.717) is 6.54 Å². The van der Waals surface area contributed by atoms with E-state index in [2.05, 4.69) is 15.4 Å². The summed E-state index contributed by atoms with van der Waals surface area (Å²) < 4.78 is 1.80. The molecule has 1 aromatic carbocycles. The lowest BCUT2D eigenvalue weighted by Gasteiger charge is -2.10. The van der Waals surface area contributed by atoms with Crippen LogP contribution >= 0.6 is 11.6 Å². The highest BCUT2D eigenvalue weighted by Crippen LogP contribution is 2.23. The van der Waals surface area contributed by atoms with E-state index in [-0.39, 0.29) is 0 Å². The summed E-state index contributed by atoms with van der Waals surface area (Å²) in [6.45, 7) is 4.65. The van der Waals surface area contributed by atoms with Gasteiger partial charge in [-0.2, -0.15) is 5.10 Å². The summed E-state index contributed by atoms with van der Waals surface area (Å²) in [5.74, 6) is 0. The molecule has 20 heavy (non-hydrogen) atoms. The minimum absolute atomic E-state index is 0.684. The molecule has 0 atom stereocenters. The first-order valence-electron chi connectivity index (χ1n) is 6.43. The molecule has 0 saturated carbocycles. The van der Waals surface area contributed by atoms with Crippen molar-refractivity contribution in [2.24, 2.45) is 0 Å². The van der Waals surface area contributed by atoms with Crippen LogP contribution < -0.4 is 5.32 Å². The Bertz CT molecular complexity index is 764. The highest BCUT2D eigenvalue weighted by atomic mass is 35.5. The fourth-order valence-electron chi connectivity index (χ4n) is 2.12. The molecule has 0 aliphatic carbocycles. The Balaban J connectivity index is 1.81. The first-order valence-corrected chi connectivity index (χ1v) is 6.81. The van der Waals surface area contributed by atoms with Crippen molar-refractivity contribution in [1.29, 1.82) is 0 Å². The monoisotopic (exact) mass is 286 g/mol. The molecule has 3 rings (SSSR count). The second-order valence-corrected chi connectivity index (χ2v) is 5.22. The molecule has 0 fully saturated rings. The Morgan fingerprint density at radius 2 is 2.15 bits per heavy atom. The molecule has 102 valence electrons. The van der Waals surface area contributed by atoms with Crippen LogP contribution in [0.1, 0.15) is 16.8 Å². The van der Waals surface area contributed by atoms with Gasteiger partial charge in [0, 0.05) is 41.3 Å². The van der Waals surface area contributed by atoms with Crippen LogP contribution in [0.15, 0.2) is 36.7 Å². The fourth-order valence-corrected chi connectivity index (χ4v) is 2.30. The lowest BCUT2D eigenvalue weighted by Crippen LogP contribution is -2.03. The van der Waals surface area contributed by atoms with Gasteiger partial charge in [0.15, 0.2) is 5.65 Å². The average Bonchev–Trinajstić information content (AvgIpc) is 2.79. The van der Waals surface area contributed by atoms with Crippen LogP contribution in [0.3, 0.4) is 0 Å². The average molecular weight is 287 g/mol. The van der Waals surface area contributed by atoms with Crippen LogP contribution in [0.25, 0.3) is 5.65 Å². The van der Waals surface area contributed by atoms with Crippen molar-refractivity contribution in [2.75, 3.05) is 5.32 Å². The lowest BCUT2D eigenvalue weighted by molar-refractivity contribution is 0.895. The molecular weight excluding hydrogens is 272 g/mol. The maximum absolute atomic E-state index is 6.11. The molecule has 5 heteroatoms. The first kappa shape index (κ1) is 12.9. The molecule has 2 aromatic heterocycles. The van der Waals surface area contributed by atoms with Crippen LogP contribution in [0.5, 0.6) is 0 Å².